The second-order valence-corrected chi connectivity index (χ2v) is 4.69. The minimum Gasteiger partial charge on any atom is -0.494 e. The molecule has 3 rings (SSSR count). The van der Waals surface area contributed by atoms with E-state index in [1.54, 1.807) is 0 Å². The zero-order valence-electron chi connectivity index (χ0n) is 11.2. The Hall–Kier alpha value is -2.49. The summed E-state index contributed by atoms with van der Waals surface area (Å²) < 4.78 is 5.66. The lowest BCUT2D eigenvalue weighted by atomic mass is 10.3. The predicted molar refractivity (Wildman–Crippen MR) is 80.8 cm³/mol. The van der Waals surface area contributed by atoms with E-state index in [2.05, 4.69) is 9.97 Å². The normalized spacial score (nSPS) is 10.8. The van der Waals surface area contributed by atoms with Crippen LogP contribution in [0.4, 0.5) is 5.69 Å². The first-order chi connectivity index (χ1) is 9.83. The van der Waals surface area contributed by atoms with E-state index in [0.29, 0.717) is 12.3 Å². The molecule has 0 fully saturated rings. The molecule has 0 radical (unpaired) electrons. The van der Waals surface area contributed by atoms with Crippen LogP contribution in [0.2, 0.25) is 0 Å². The second kappa shape index (κ2) is 5.65. The van der Waals surface area contributed by atoms with Gasteiger partial charge in [0.2, 0.25) is 0 Å². The molecule has 3 N–H and O–H groups in total. The summed E-state index contributed by atoms with van der Waals surface area (Å²) >= 11 is 0. The van der Waals surface area contributed by atoms with Crippen LogP contribution in [0.15, 0.2) is 48.5 Å². The monoisotopic (exact) mass is 267 g/mol. The number of hydrogen-bond acceptors (Lipinski definition) is 3. The Kier molecular flexibility index (Phi) is 3.54. The van der Waals surface area contributed by atoms with E-state index in [1.165, 1.54) is 0 Å². The van der Waals surface area contributed by atoms with Crippen molar-refractivity contribution in [2.45, 2.75) is 12.8 Å². The van der Waals surface area contributed by atoms with Crippen LogP contribution in [0, 0.1) is 0 Å². The Labute approximate surface area is 117 Å². The molecular weight excluding hydrogens is 250 g/mol. The number of hydrogen-bond donors (Lipinski definition) is 2. The number of aryl methyl sites for hydroxylation is 1. The van der Waals surface area contributed by atoms with Gasteiger partial charge in [-0.15, -0.1) is 0 Å². The number of ether oxygens (including phenoxy) is 1. The average molecular weight is 267 g/mol. The number of nitrogens with one attached hydrogen (secondary N) is 1. The average Bonchev–Trinajstić information content (AvgIpc) is 2.89. The minimum atomic E-state index is 0.677. The number of fused-ring (bicyclic) bond motifs is 1. The van der Waals surface area contributed by atoms with E-state index >= 15 is 0 Å². The fourth-order valence-electron chi connectivity index (χ4n) is 2.17. The van der Waals surface area contributed by atoms with Gasteiger partial charge in [-0.1, -0.05) is 24.3 Å². The zero-order valence-corrected chi connectivity index (χ0v) is 11.2. The number of para-hydroxylation sites is 2. The lowest BCUT2D eigenvalue weighted by Gasteiger charge is -2.04. The van der Waals surface area contributed by atoms with Crippen LogP contribution in [-0.4, -0.2) is 16.6 Å². The topological polar surface area (TPSA) is 63.9 Å². The van der Waals surface area contributed by atoms with Gasteiger partial charge in [-0.05, 0) is 30.7 Å². The van der Waals surface area contributed by atoms with Crippen LogP contribution >= 0.6 is 0 Å². The highest BCUT2D eigenvalue weighted by Crippen LogP contribution is 2.18. The third-order valence-electron chi connectivity index (χ3n) is 3.16. The van der Waals surface area contributed by atoms with E-state index in [9.17, 15) is 0 Å². The van der Waals surface area contributed by atoms with Crippen LogP contribution in [0.25, 0.3) is 11.0 Å². The molecule has 0 amide bonds. The summed E-state index contributed by atoms with van der Waals surface area (Å²) in [6.07, 6.45) is 1.76. The molecule has 0 aliphatic rings. The van der Waals surface area contributed by atoms with Crippen LogP contribution in [0.5, 0.6) is 5.75 Å². The molecule has 4 heteroatoms. The summed E-state index contributed by atoms with van der Waals surface area (Å²) in [6, 6.07) is 15.6. The Morgan fingerprint density at radius 2 is 1.90 bits per heavy atom. The van der Waals surface area contributed by atoms with Crippen LogP contribution in [0.1, 0.15) is 12.2 Å². The highest BCUT2D eigenvalue weighted by atomic mass is 16.5. The number of aromatic amines is 1. The number of H-pyrrole nitrogens is 1. The molecule has 2 aromatic carbocycles. The van der Waals surface area contributed by atoms with Crippen molar-refractivity contribution in [2.75, 3.05) is 12.3 Å². The van der Waals surface area contributed by atoms with Crippen molar-refractivity contribution in [1.29, 1.82) is 0 Å². The molecular formula is C16H17N3O. The van der Waals surface area contributed by atoms with Gasteiger partial charge in [0.1, 0.15) is 17.1 Å². The SMILES string of the molecule is Nc1cccc2[nH]c(CCCOc3ccccc3)nc12. The second-order valence-electron chi connectivity index (χ2n) is 4.69. The maximum Gasteiger partial charge on any atom is 0.119 e. The molecule has 4 nitrogen and oxygen atoms in total. The summed E-state index contributed by atoms with van der Waals surface area (Å²) in [5.74, 6) is 1.86. The molecule has 102 valence electrons. The first-order valence-corrected chi connectivity index (χ1v) is 6.74. The minimum absolute atomic E-state index is 0.677. The summed E-state index contributed by atoms with van der Waals surface area (Å²) in [5, 5.41) is 0. The molecule has 0 spiro atoms. The summed E-state index contributed by atoms with van der Waals surface area (Å²) in [6.45, 7) is 0.677. The van der Waals surface area contributed by atoms with Gasteiger partial charge in [-0.25, -0.2) is 4.98 Å². The summed E-state index contributed by atoms with van der Waals surface area (Å²) in [7, 11) is 0. The Morgan fingerprint density at radius 3 is 2.70 bits per heavy atom. The number of nitrogens with zero attached hydrogens (tertiary/aromatic N) is 1. The lowest BCUT2D eigenvalue weighted by molar-refractivity contribution is 0.310. The molecule has 20 heavy (non-hydrogen) atoms. The standard InChI is InChI=1S/C16H17N3O/c17-13-8-4-9-14-16(13)19-15(18-14)10-5-11-20-12-6-2-1-3-7-12/h1-4,6-9H,5,10-11,17H2,(H,18,19). The van der Waals surface area contributed by atoms with Crippen molar-refractivity contribution in [3.63, 3.8) is 0 Å². The first-order valence-electron chi connectivity index (χ1n) is 6.74. The Bertz CT molecular complexity index is 691. The predicted octanol–water partition coefficient (Wildman–Crippen LogP) is 3.16. The Balaban J connectivity index is 1.56. The molecule has 0 unspecified atom stereocenters. The maximum atomic E-state index is 5.89. The third-order valence-corrected chi connectivity index (χ3v) is 3.16. The third kappa shape index (κ3) is 2.74. The van der Waals surface area contributed by atoms with E-state index < -0.39 is 0 Å². The number of nitrogens with two attached hydrogens (primary N) is 1. The molecule has 1 aromatic heterocycles. The number of rotatable bonds is 5. The fraction of sp³-hybridized carbons (Fsp3) is 0.188. The number of nitrogen functional groups attached to an aromatic ring is 1. The fourth-order valence-corrected chi connectivity index (χ4v) is 2.17. The number of anilines is 1. The van der Waals surface area contributed by atoms with Gasteiger partial charge in [-0.2, -0.15) is 0 Å². The van der Waals surface area contributed by atoms with Gasteiger partial charge in [0, 0.05) is 6.42 Å². The van der Waals surface area contributed by atoms with Crippen molar-refractivity contribution in [3.8, 4) is 5.75 Å². The molecule has 3 aromatic rings. The molecule has 0 bridgehead atoms. The van der Waals surface area contributed by atoms with Crippen LogP contribution in [-0.2, 0) is 6.42 Å². The van der Waals surface area contributed by atoms with E-state index in [-0.39, 0.29) is 0 Å². The maximum absolute atomic E-state index is 5.89. The highest BCUT2D eigenvalue weighted by molar-refractivity contribution is 5.86. The molecule has 0 aliphatic carbocycles. The molecule has 0 atom stereocenters. The van der Waals surface area contributed by atoms with Crippen molar-refractivity contribution in [3.05, 3.63) is 54.4 Å². The van der Waals surface area contributed by atoms with E-state index in [1.807, 2.05) is 48.5 Å². The summed E-state index contributed by atoms with van der Waals surface area (Å²) in [5.41, 5.74) is 8.45. The van der Waals surface area contributed by atoms with Gasteiger partial charge >= 0.3 is 0 Å². The Morgan fingerprint density at radius 1 is 1.05 bits per heavy atom. The van der Waals surface area contributed by atoms with Gasteiger partial charge in [0.25, 0.3) is 0 Å². The summed E-state index contributed by atoms with van der Waals surface area (Å²) in [4.78, 5) is 7.81. The van der Waals surface area contributed by atoms with Crippen molar-refractivity contribution in [1.82, 2.24) is 9.97 Å². The van der Waals surface area contributed by atoms with E-state index in [4.69, 9.17) is 10.5 Å². The molecule has 0 aliphatic heterocycles. The van der Waals surface area contributed by atoms with E-state index in [0.717, 1.165) is 35.4 Å². The van der Waals surface area contributed by atoms with Gasteiger partial charge in [0.05, 0.1) is 17.8 Å². The molecule has 0 saturated carbocycles. The smallest absolute Gasteiger partial charge is 0.119 e. The zero-order chi connectivity index (χ0) is 13.8. The largest absolute Gasteiger partial charge is 0.494 e. The van der Waals surface area contributed by atoms with Gasteiger partial charge in [0.15, 0.2) is 0 Å². The number of imidazole rings is 1. The van der Waals surface area contributed by atoms with Crippen LogP contribution < -0.4 is 10.5 Å². The van der Waals surface area contributed by atoms with Gasteiger partial charge in [-0.3, -0.25) is 0 Å². The van der Waals surface area contributed by atoms with Crippen LogP contribution in [0.3, 0.4) is 0 Å². The number of aromatic nitrogens is 2. The molecule has 0 saturated heterocycles. The molecule has 1 heterocycles. The van der Waals surface area contributed by atoms with Crippen molar-refractivity contribution in [2.24, 2.45) is 0 Å². The van der Waals surface area contributed by atoms with Crippen molar-refractivity contribution >= 4 is 16.7 Å². The highest BCUT2D eigenvalue weighted by Gasteiger charge is 2.05. The van der Waals surface area contributed by atoms with Crippen molar-refractivity contribution < 1.29 is 4.74 Å². The quantitative estimate of drug-likeness (QED) is 0.551. The first kappa shape index (κ1) is 12.5. The number of benzene rings is 2. The van der Waals surface area contributed by atoms with Gasteiger partial charge < -0.3 is 15.5 Å². The lowest BCUT2D eigenvalue weighted by Crippen LogP contribution is -2.00.